The second kappa shape index (κ2) is 8.76. The molecule has 72 valence electrons. The van der Waals surface area contributed by atoms with Crippen LogP contribution in [0.15, 0.2) is 12.2 Å². The van der Waals surface area contributed by atoms with Crippen molar-refractivity contribution in [3.63, 3.8) is 0 Å². The standard InChI is InChI=1S/C11H21F/c1-3-5-6-7-8-9-10-11(12)4-2/h3,5,11H,4,6-10H2,1-2H3/b5-3+. The number of rotatable bonds is 7. The molecule has 0 amide bonds. The molecule has 0 rings (SSSR count). The van der Waals surface area contributed by atoms with Gasteiger partial charge in [-0.25, -0.2) is 4.39 Å². The summed E-state index contributed by atoms with van der Waals surface area (Å²) >= 11 is 0. The molecular weight excluding hydrogens is 151 g/mol. The molecule has 0 heterocycles. The molecule has 0 aliphatic carbocycles. The molecule has 12 heavy (non-hydrogen) atoms. The zero-order valence-corrected chi connectivity index (χ0v) is 8.35. The van der Waals surface area contributed by atoms with Gasteiger partial charge in [-0.1, -0.05) is 31.9 Å². The van der Waals surface area contributed by atoms with E-state index in [1.54, 1.807) is 0 Å². The van der Waals surface area contributed by atoms with E-state index in [0.29, 0.717) is 6.42 Å². The van der Waals surface area contributed by atoms with E-state index < -0.39 is 6.17 Å². The third-order valence-electron chi connectivity index (χ3n) is 2.07. The quantitative estimate of drug-likeness (QED) is 0.397. The summed E-state index contributed by atoms with van der Waals surface area (Å²) in [5.74, 6) is 0. The summed E-state index contributed by atoms with van der Waals surface area (Å²) in [7, 11) is 0. The monoisotopic (exact) mass is 172 g/mol. The van der Waals surface area contributed by atoms with Crippen LogP contribution < -0.4 is 0 Å². The summed E-state index contributed by atoms with van der Waals surface area (Å²) < 4.78 is 12.7. The van der Waals surface area contributed by atoms with Crippen molar-refractivity contribution in [2.75, 3.05) is 0 Å². The summed E-state index contributed by atoms with van der Waals surface area (Å²) in [6.07, 6.45) is 9.70. The van der Waals surface area contributed by atoms with Crippen LogP contribution in [0.1, 0.15) is 52.4 Å². The SMILES string of the molecule is C/C=C/CCCCCC(F)CC. The first-order valence-corrected chi connectivity index (χ1v) is 5.06. The third-order valence-corrected chi connectivity index (χ3v) is 2.07. The molecule has 0 aromatic carbocycles. The van der Waals surface area contributed by atoms with Gasteiger partial charge in [-0.2, -0.15) is 0 Å². The van der Waals surface area contributed by atoms with Gasteiger partial charge in [0, 0.05) is 0 Å². The van der Waals surface area contributed by atoms with Crippen LogP contribution >= 0.6 is 0 Å². The third kappa shape index (κ3) is 7.77. The zero-order chi connectivity index (χ0) is 9.23. The summed E-state index contributed by atoms with van der Waals surface area (Å²) in [4.78, 5) is 0. The number of halogens is 1. The van der Waals surface area contributed by atoms with Crippen LogP contribution in [0.4, 0.5) is 4.39 Å². The van der Waals surface area contributed by atoms with E-state index in [4.69, 9.17) is 0 Å². The van der Waals surface area contributed by atoms with Crippen LogP contribution in [-0.2, 0) is 0 Å². The predicted octanol–water partition coefficient (Wildman–Crippen LogP) is 4.26. The Morgan fingerprint density at radius 3 is 2.58 bits per heavy atom. The van der Waals surface area contributed by atoms with E-state index in [9.17, 15) is 4.39 Å². The second-order valence-electron chi connectivity index (χ2n) is 3.21. The number of unbranched alkanes of at least 4 members (excludes halogenated alkanes) is 3. The van der Waals surface area contributed by atoms with Gasteiger partial charge in [0.05, 0.1) is 6.17 Å². The lowest BCUT2D eigenvalue weighted by Crippen LogP contribution is -1.96. The molecule has 1 heteroatoms. The fourth-order valence-corrected chi connectivity index (χ4v) is 1.18. The summed E-state index contributed by atoms with van der Waals surface area (Å²) in [6.45, 7) is 3.94. The lowest BCUT2D eigenvalue weighted by molar-refractivity contribution is 0.297. The van der Waals surface area contributed by atoms with Gasteiger partial charge in [-0.05, 0) is 32.6 Å². The molecular formula is C11H21F. The van der Waals surface area contributed by atoms with Gasteiger partial charge < -0.3 is 0 Å². The van der Waals surface area contributed by atoms with Crippen LogP contribution in [0.25, 0.3) is 0 Å². The van der Waals surface area contributed by atoms with Crippen molar-refractivity contribution in [2.45, 2.75) is 58.5 Å². The largest absolute Gasteiger partial charge is 0.248 e. The van der Waals surface area contributed by atoms with E-state index >= 15 is 0 Å². The maximum Gasteiger partial charge on any atom is 0.0999 e. The molecule has 0 spiro atoms. The Bertz CT molecular complexity index is 108. The molecule has 0 fully saturated rings. The molecule has 1 atom stereocenters. The van der Waals surface area contributed by atoms with Crippen molar-refractivity contribution in [3.8, 4) is 0 Å². The van der Waals surface area contributed by atoms with Crippen molar-refractivity contribution in [3.05, 3.63) is 12.2 Å². The summed E-state index contributed by atoms with van der Waals surface area (Å²) in [5.41, 5.74) is 0. The Morgan fingerprint density at radius 1 is 1.25 bits per heavy atom. The van der Waals surface area contributed by atoms with Gasteiger partial charge in [-0.15, -0.1) is 0 Å². The fraction of sp³-hybridized carbons (Fsp3) is 0.818. The van der Waals surface area contributed by atoms with Gasteiger partial charge >= 0.3 is 0 Å². The Morgan fingerprint density at radius 2 is 2.00 bits per heavy atom. The first kappa shape index (κ1) is 11.7. The number of hydrogen-bond acceptors (Lipinski definition) is 0. The molecule has 0 bridgehead atoms. The van der Waals surface area contributed by atoms with Gasteiger partial charge in [0.1, 0.15) is 0 Å². The fourth-order valence-electron chi connectivity index (χ4n) is 1.18. The van der Waals surface area contributed by atoms with E-state index in [1.807, 2.05) is 13.8 Å². The maximum atomic E-state index is 12.7. The Labute approximate surface area is 75.9 Å². The van der Waals surface area contributed by atoms with Gasteiger partial charge in [0.15, 0.2) is 0 Å². The molecule has 0 aliphatic rings. The van der Waals surface area contributed by atoms with E-state index in [1.165, 1.54) is 12.8 Å². The normalized spacial score (nSPS) is 13.9. The van der Waals surface area contributed by atoms with E-state index in [-0.39, 0.29) is 0 Å². The van der Waals surface area contributed by atoms with Crippen LogP contribution in [0.2, 0.25) is 0 Å². The molecule has 1 unspecified atom stereocenters. The minimum atomic E-state index is -0.563. The van der Waals surface area contributed by atoms with Crippen molar-refractivity contribution < 1.29 is 4.39 Å². The first-order chi connectivity index (χ1) is 5.81. The molecule has 0 aromatic heterocycles. The Balaban J connectivity index is 3.00. The van der Waals surface area contributed by atoms with Crippen LogP contribution in [0, 0.1) is 0 Å². The molecule has 0 radical (unpaired) electrons. The Hall–Kier alpha value is -0.330. The first-order valence-electron chi connectivity index (χ1n) is 5.06. The van der Waals surface area contributed by atoms with Crippen LogP contribution in [0.3, 0.4) is 0 Å². The average molecular weight is 172 g/mol. The van der Waals surface area contributed by atoms with Gasteiger partial charge in [0.2, 0.25) is 0 Å². The lowest BCUT2D eigenvalue weighted by Gasteiger charge is -2.03. The molecule has 0 aliphatic heterocycles. The minimum Gasteiger partial charge on any atom is -0.248 e. The minimum absolute atomic E-state index is 0.563. The zero-order valence-electron chi connectivity index (χ0n) is 8.35. The van der Waals surface area contributed by atoms with Crippen molar-refractivity contribution in [1.82, 2.24) is 0 Å². The van der Waals surface area contributed by atoms with Crippen molar-refractivity contribution >= 4 is 0 Å². The van der Waals surface area contributed by atoms with Crippen LogP contribution in [-0.4, -0.2) is 6.17 Å². The molecule has 0 aromatic rings. The Kier molecular flexibility index (Phi) is 8.52. The van der Waals surface area contributed by atoms with Crippen molar-refractivity contribution in [1.29, 1.82) is 0 Å². The second-order valence-corrected chi connectivity index (χ2v) is 3.21. The van der Waals surface area contributed by atoms with Crippen LogP contribution in [0.5, 0.6) is 0 Å². The predicted molar refractivity (Wildman–Crippen MR) is 53.1 cm³/mol. The smallest absolute Gasteiger partial charge is 0.0999 e. The topological polar surface area (TPSA) is 0 Å². The number of alkyl halides is 1. The average Bonchev–Trinajstić information content (AvgIpc) is 2.10. The van der Waals surface area contributed by atoms with E-state index in [2.05, 4.69) is 12.2 Å². The highest BCUT2D eigenvalue weighted by Crippen LogP contribution is 2.10. The number of allylic oxidation sites excluding steroid dienone is 2. The van der Waals surface area contributed by atoms with Gasteiger partial charge in [-0.3, -0.25) is 0 Å². The molecule has 0 N–H and O–H groups in total. The molecule has 0 saturated carbocycles. The molecule has 0 nitrogen and oxygen atoms in total. The van der Waals surface area contributed by atoms with Crippen molar-refractivity contribution in [2.24, 2.45) is 0 Å². The summed E-state index contributed by atoms with van der Waals surface area (Å²) in [5, 5.41) is 0. The van der Waals surface area contributed by atoms with E-state index in [0.717, 1.165) is 19.3 Å². The maximum absolute atomic E-state index is 12.7. The lowest BCUT2D eigenvalue weighted by atomic mass is 10.1. The highest BCUT2D eigenvalue weighted by Gasteiger charge is 2.00. The highest BCUT2D eigenvalue weighted by molar-refractivity contribution is 4.76. The summed E-state index contributed by atoms with van der Waals surface area (Å²) in [6, 6.07) is 0. The number of hydrogen-bond donors (Lipinski definition) is 0. The van der Waals surface area contributed by atoms with Gasteiger partial charge in [0.25, 0.3) is 0 Å². The highest BCUT2D eigenvalue weighted by atomic mass is 19.1. The molecule has 0 saturated heterocycles.